The van der Waals surface area contributed by atoms with Gasteiger partial charge in [-0.05, 0) is 0 Å². The quantitative estimate of drug-likeness (QED) is 0.600. The molecule has 0 saturated heterocycles. The van der Waals surface area contributed by atoms with Crippen molar-refractivity contribution < 1.29 is 9.53 Å². The Bertz CT molecular complexity index is 293. The van der Waals surface area contributed by atoms with E-state index in [1.807, 2.05) is 6.92 Å². The first-order valence-corrected chi connectivity index (χ1v) is 6.64. The number of carbonyl (C=O) groups is 1. The SMILES string of the molecule is CCOC(=O)C[Se]c1ccc(C)cc1. The molecule has 1 aromatic carbocycles. The third kappa shape index (κ3) is 3.95. The van der Waals surface area contributed by atoms with E-state index in [4.69, 9.17) is 4.74 Å². The summed E-state index contributed by atoms with van der Waals surface area (Å²) in [6.07, 6.45) is 0. The van der Waals surface area contributed by atoms with Gasteiger partial charge in [-0.3, -0.25) is 0 Å². The number of esters is 1. The number of ether oxygens (including phenoxy) is 1. The summed E-state index contributed by atoms with van der Waals surface area (Å²) in [6, 6.07) is 8.30. The molecule has 0 aromatic heterocycles. The Labute approximate surface area is 90.8 Å². The van der Waals surface area contributed by atoms with Gasteiger partial charge in [0.15, 0.2) is 0 Å². The van der Waals surface area contributed by atoms with Gasteiger partial charge in [-0.2, -0.15) is 0 Å². The van der Waals surface area contributed by atoms with Gasteiger partial charge in [-0.1, -0.05) is 0 Å². The summed E-state index contributed by atoms with van der Waals surface area (Å²) in [5, 5.41) is 0.532. The van der Waals surface area contributed by atoms with Crippen LogP contribution in [0.5, 0.6) is 0 Å². The Kier molecular flexibility index (Phi) is 4.71. The average Bonchev–Trinajstić information content (AvgIpc) is 2.17. The molecule has 0 unspecified atom stereocenters. The van der Waals surface area contributed by atoms with Crippen LogP contribution in [0.2, 0.25) is 5.32 Å². The van der Waals surface area contributed by atoms with Gasteiger partial charge in [0.25, 0.3) is 0 Å². The fourth-order valence-electron chi connectivity index (χ4n) is 0.979. The first kappa shape index (κ1) is 11.3. The number of hydrogen-bond donors (Lipinski definition) is 0. The van der Waals surface area contributed by atoms with Gasteiger partial charge >= 0.3 is 90.5 Å². The number of aryl methyl sites for hydroxylation is 1. The molecule has 0 atom stereocenters. The van der Waals surface area contributed by atoms with Crippen LogP contribution in [0.4, 0.5) is 0 Å². The Hall–Kier alpha value is -0.791. The van der Waals surface area contributed by atoms with E-state index in [0.717, 1.165) is 0 Å². The summed E-state index contributed by atoms with van der Waals surface area (Å²) in [4.78, 5) is 11.1. The summed E-state index contributed by atoms with van der Waals surface area (Å²) in [5.74, 6) is -0.0897. The molecule has 0 heterocycles. The molecule has 0 aliphatic rings. The molecular formula is C11H14O2Se. The van der Waals surface area contributed by atoms with E-state index in [9.17, 15) is 4.79 Å². The third-order valence-electron chi connectivity index (χ3n) is 1.68. The first-order chi connectivity index (χ1) is 6.72. The van der Waals surface area contributed by atoms with Gasteiger partial charge in [0.1, 0.15) is 0 Å². The summed E-state index contributed by atoms with van der Waals surface area (Å²) < 4.78 is 6.11. The van der Waals surface area contributed by atoms with Gasteiger partial charge < -0.3 is 0 Å². The molecule has 0 N–H and O–H groups in total. The molecule has 0 aliphatic carbocycles. The van der Waals surface area contributed by atoms with Crippen molar-refractivity contribution in [1.29, 1.82) is 0 Å². The van der Waals surface area contributed by atoms with E-state index in [1.54, 1.807) is 0 Å². The van der Waals surface area contributed by atoms with E-state index in [-0.39, 0.29) is 20.9 Å². The van der Waals surface area contributed by atoms with E-state index in [2.05, 4.69) is 31.2 Å². The number of hydrogen-bond acceptors (Lipinski definition) is 2. The van der Waals surface area contributed by atoms with Crippen molar-refractivity contribution in [2.45, 2.75) is 19.2 Å². The van der Waals surface area contributed by atoms with Gasteiger partial charge in [0.2, 0.25) is 0 Å². The molecule has 0 fully saturated rings. The second-order valence-corrected chi connectivity index (χ2v) is 5.11. The van der Waals surface area contributed by atoms with Crippen molar-refractivity contribution in [3.05, 3.63) is 29.8 Å². The summed E-state index contributed by atoms with van der Waals surface area (Å²) in [7, 11) is 0. The number of benzene rings is 1. The molecule has 0 spiro atoms. The van der Waals surface area contributed by atoms with Crippen LogP contribution in [0, 0.1) is 6.92 Å². The third-order valence-corrected chi connectivity index (χ3v) is 3.75. The van der Waals surface area contributed by atoms with Crippen molar-refractivity contribution >= 4 is 25.4 Å². The molecule has 2 nitrogen and oxygen atoms in total. The van der Waals surface area contributed by atoms with Crippen LogP contribution < -0.4 is 4.46 Å². The molecule has 0 amide bonds. The summed E-state index contributed by atoms with van der Waals surface area (Å²) in [5.41, 5.74) is 1.25. The fourth-order valence-corrected chi connectivity index (χ4v) is 2.44. The topological polar surface area (TPSA) is 26.3 Å². The Morgan fingerprint density at radius 3 is 2.57 bits per heavy atom. The maximum atomic E-state index is 11.1. The van der Waals surface area contributed by atoms with Crippen LogP contribution >= 0.6 is 0 Å². The number of rotatable bonds is 4. The van der Waals surface area contributed by atoms with E-state index in [0.29, 0.717) is 11.9 Å². The van der Waals surface area contributed by atoms with Crippen LogP contribution in [-0.2, 0) is 9.53 Å². The Balaban J connectivity index is 2.38. The van der Waals surface area contributed by atoms with E-state index < -0.39 is 0 Å². The molecular weight excluding hydrogens is 243 g/mol. The van der Waals surface area contributed by atoms with E-state index >= 15 is 0 Å². The van der Waals surface area contributed by atoms with Crippen molar-refractivity contribution in [1.82, 2.24) is 0 Å². The van der Waals surface area contributed by atoms with E-state index in [1.165, 1.54) is 10.0 Å². The molecule has 76 valence electrons. The maximum absolute atomic E-state index is 11.1. The molecule has 1 rings (SSSR count). The minimum atomic E-state index is -0.0897. The van der Waals surface area contributed by atoms with Gasteiger partial charge in [0.05, 0.1) is 0 Å². The Morgan fingerprint density at radius 1 is 1.36 bits per heavy atom. The molecule has 14 heavy (non-hydrogen) atoms. The fraction of sp³-hybridized carbons (Fsp3) is 0.364. The number of carbonyl (C=O) groups excluding carboxylic acids is 1. The predicted octanol–water partition coefficient (Wildman–Crippen LogP) is 1.31. The second-order valence-electron chi connectivity index (χ2n) is 2.91. The Morgan fingerprint density at radius 2 is 2.00 bits per heavy atom. The molecule has 0 saturated carbocycles. The zero-order chi connectivity index (χ0) is 10.4. The van der Waals surface area contributed by atoms with Crippen molar-refractivity contribution in [3.63, 3.8) is 0 Å². The first-order valence-electron chi connectivity index (χ1n) is 4.57. The molecule has 1 aromatic rings. The zero-order valence-corrected chi connectivity index (χ0v) is 10.2. The normalized spacial score (nSPS) is 9.86. The van der Waals surface area contributed by atoms with Gasteiger partial charge in [-0.25, -0.2) is 0 Å². The van der Waals surface area contributed by atoms with Crippen LogP contribution in [0.25, 0.3) is 0 Å². The molecule has 0 radical (unpaired) electrons. The van der Waals surface area contributed by atoms with Crippen molar-refractivity contribution in [2.24, 2.45) is 0 Å². The second kappa shape index (κ2) is 5.84. The van der Waals surface area contributed by atoms with Crippen LogP contribution in [0.3, 0.4) is 0 Å². The summed E-state index contributed by atoms with van der Waals surface area (Å²) >= 11 is 0.208. The predicted molar refractivity (Wildman–Crippen MR) is 58.0 cm³/mol. The van der Waals surface area contributed by atoms with Crippen molar-refractivity contribution in [2.75, 3.05) is 6.61 Å². The standard InChI is InChI=1S/C11H14O2Se/c1-3-13-11(12)8-14-10-6-4-9(2)5-7-10/h4-7H,3,8H2,1-2H3. The monoisotopic (exact) mass is 258 g/mol. The minimum absolute atomic E-state index is 0.0897. The van der Waals surface area contributed by atoms with Gasteiger partial charge in [-0.15, -0.1) is 0 Å². The van der Waals surface area contributed by atoms with Crippen LogP contribution in [0.1, 0.15) is 12.5 Å². The zero-order valence-electron chi connectivity index (χ0n) is 8.45. The average molecular weight is 257 g/mol. The van der Waals surface area contributed by atoms with Crippen LogP contribution in [0.15, 0.2) is 24.3 Å². The molecule has 3 heteroatoms. The van der Waals surface area contributed by atoms with Gasteiger partial charge in [0, 0.05) is 0 Å². The molecule has 0 aliphatic heterocycles. The molecule has 0 bridgehead atoms. The van der Waals surface area contributed by atoms with Crippen LogP contribution in [-0.4, -0.2) is 27.5 Å². The van der Waals surface area contributed by atoms with Crippen molar-refractivity contribution in [3.8, 4) is 0 Å². The summed E-state index contributed by atoms with van der Waals surface area (Å²) in [6.45, 7) is 4.36.